The number of rotatable bonds is 5. The van der Waals surface area contributed by atoms with Crippen LogP contribution >= 0.6 is 11.3 Å². The largest absolute Gasteiger partial charge is 0.321 e. The molecule has 0 fully saturated rings. The molecule has 0 aliphatic rings. The molecule has 0 atom stereocenters. The molecule has 3 aromatic carbocycles. The van der Waals surface area contributed by atoms with Gasteiger partial charge in [-0.2, -0.15) is 0 Å². The third-order valence-electron chi connectivity index (χ3n) is 5.41. The molecular weight excluding hydrogens is 440 g/mol. The van der Waals surface area contributed by atoms with Crippen LogP contribution in [-0.4, -0.2) is 21.4 Å². The van der Waals surface area contributed by atoms with Gasteiger partial charge in [-0.3, -0.25) is 9.10 Å². The summed E-state index contributed by atoms with van der Waals surface area (Å²) in [6.45, 7) is 5.85. The van der Waals surface area contributed by atoms with Crippen LogP contribution in [0.5, 0.6) is 0 Å². The molecule has 0 radical (unpaired) electrons. The van der Waals surface area contributed by atoms with E-state index in [-0.39, 0.29) is 10.8 Å². The summed E-state index contributed by atoms with van der Waals surface area (Å²) >= 11 is 1.38. The molecular formula is C25H24N2O3S2. The zero-order chi connectivity index (χ0) is 23.0. The summed E-state index contributed by atoms with van der Waals surface area (Å²) in [6.07, 6.45) is 0. The highest BCUT2D eigenvalue weighted by Gasteiger charge is 2.22. The van der Waals surface area contributed by atoms with E-state index < -0.39 is 10.0 Å². The number of carbonyl (C=O) groups excluding carboxylic acids is 1. The number of nitrogens with zero attached hydrogens (tertiary/aromatic N) is 1. The van der Waals surface area contributed by atoms with E-state index in [4.69, 9.17) is 0 Å². The van der Waals surface area contributed by atoms with Crippen LogP contribution in [0.1, 0.15) is 26.4 Å². The van der Waals surface area contributed by atoms with Crippen LogP contribution in [0.4, 0.5) is 11.4 Å². The Morgan fingerprint density at radius 2 is 1.56 bits per heavy atom. The van der Waals surface area contributed by atoms with Crippen molar-refractivity contribution in [3.63, 3.8) is 0 Å². The number of fused-ring (bicyclic) bond motifs is 1. The molecule has 4 rings (SSSR count). The number of benzene rings is 3. The van der Waals surface area contributed by atoms with Gasteiger partial charge in [-0.15, -0.1) is 11.3 Å². The SMILES string of the molecule is Cc1ccc(S(=O)(=O)N(C)c2ccc3sc(C(=O)Nc4cc(C)ccc4C)cc3c2)cc1. The van der Waals surface area contributed by atoms with Crippen molar-refractivity contribution in [2.45, 2.75) is 25.7 Å². The second-order valence-corrected chi connectivity index (χ2v) is 10.9. The average molecular weight is 465 g/mol. The molecule has 0 aliphatic carbocycles. The van der Waals surface area contributed by atoms with Crippen molar-refractivity contribution in [3.05, 3.63) is 88.3 Å². The molecule has 0 bridgehead atoms. The van der Waals surface area contributed by atoms with Gasteiger partial charge in [-0.1, -0.05) is 29.8 Å². The van der Waals surface area contributed by atoms with Gasteiger partial charge in [0, 0.05) is 17.4 Å². The van der Waals surface area contributed by atoms with E-state index in [0.717, 1.165) is 32.5 Å². The summed E-state index contributed by atoms with van der Waals surface area (Å²) in [6, 6.07) is 19.9. The first-order valence-corrected chi connectivity index (χ1v) is 12.4. The Kier molecular flexibility index (Phi) is 5.79. The highest BCUT2D eigenvalue weighted by Crippen LogP contribution is 2.32. The Hall–Kier alpha value is -3.16. The van der Waals surface area contributed by atoms with E-state index >= 15 is 0 Å². The van der Waals surface area contributed by atoms with Crippen LogP contribution in [0, 0.1) is 20.8 Å². The van der Waals surface area contributed by atoms with Crippen LogP contribution in [-0.2, 0) is 10.0 Å². The highest BCUT2D eigenvalue weighted by molar-refractivity contribution is 7.92. The van der Waals surface area contributed by atoms with Crippen molar-refractivity contribution < 1.29 is 13.2 Å². The minimum Gasteiger partial charge on any atom is -0.321 e. The quantitative estimate of drug-likeness (QED) is 0.400. The highest BCUT2D eigenvalue weighted by atomic mass is 32.2. The number of nitrogens with one attached hydrogen (secondary N) is 1. The molecule has 7 heteroatoms. The van der Waals surface area contributed by atoms with Crippen LogP contribution in [0.25, 0.3) is 10.1 Å². The van der Waals surface area contributed by atoms with Gasteiger partial charge in [-0.25, -0.2) is 8.42 Å². The molecule has 0 saturated carbocycles. The first-order valence-electron chi connectivity index (χ1n) is 10.1. The summed E-state index contributed by atoms with van der Waals surface area (Å²) in [5.41, 5.74) is 4.40. The predicted molar refractivity (Wildman–Crippen MR) is 132 cm³/mol. The number of hydrogen-bond donors (Lipinski definition) is 1. The molecule has 0 spiro atoms. The lowest BCUT2D eigenvalue weighted by atomic mass is 10.1. The smallest absolute Gasteiger partial charge is 0.265 e. The summed E-state index contributed by atoms with van der Waals surface area (Å²) in [5, 5.41) is 3.80. The molecule has 164 valence electrons. The third kappa shape index (κ3) is 4.26. The zero-order valence-electron chi connectivity index (χ0n) is 18.3. The van der Waals surface area contributed by atoms with Gasteiger partial charge in [0.25, 0.3) is 15.9 Å². The molecule has 1 N–H and O–H groups in total. The minimum absolute atomic E-state index is 0.179. The molecule has 0 unspecified atom stereocenters. The van der Waals surface area contributed by atoms with Gasteiger partial charge in [-0.05, 0) is 79.7 Å². The van der Waals surface area contributed by atoms with Crippen molar-refractivity contribution in [1.29, 1.82) is 0 Å². The molecule has 1 amide bonds. The van der Waals surface area contributed by atoms with Crippen molar-refractivity contribution in [2.24, 2.45) is 0 Å². The van der Waals surface area contributed by atoms with E-state index in [0.29, 0.717) is 10.6 Å². The minimum atomic E-state index is -3.68. The fraction of sp³-hybridized carbons (Fsp3) is 0.160. The van der Waals surface area contributed by atoms with E-state index in [2.05, 4.69) is 5.32 Å². The molecule has 1 aromatic heterocycles. The average Bonchev–Trinajstić information content (AvgIpc) is 3.19. The lowest BCUT2D eigenvalue weighted by Crippen LogP contribution is -2.26. The Bertz CT molecular complexity index is 1420. The predicted octanol–water partition coefficient (Wildman–Crippen LogP) is 5.90. The molecule has 0 saturated heterocycles. The van der Waals surface area contributed by atoms with Crippen molar-refractivity contribution in [1.82, 2.24) is 0 Å². The maximum Gasteiger partial charge on any atom is 0.265 e. The van der Waals surface area contributed by atoms with Crippen LogP contribution in [0.3, 0.4) is 0 Å². The summed E-state index contributed by atoms with van der Waals surface area (Å²) in [4.78, 5) is 13.6. The van der Waals surface area contributed by atoms with Crippen molar-refractivity contribution in [3.8, 4) is 0 Å². The standard InChI is InChI=1S/C25H24N2O3S2/c1-16-6-10-21(11-7-16)32(29,30)27(4)20-9-12-23-19(14-20)15-24(31-23)25(28)26-22-13-17(2)5-8-18(22)3/h5-15H,1-4H3,(H,26,28). The fourth-order valence-corrected chi connectivity index (χ4v) is 5.53. The van der Waals surface area contributed by atoms with Crippen LogP contribution < -0.4 is 9.62 Å². The molecule has 4 aromatic rings. The van der Waals surface area contributed by atoms with E-state index in [9.17, 15) is 13.2 Å². The van der Waals surface area contributed by atoms with Gasteiger partial charge in [0.05, 0.1) is 15.5 Å². The lowest BCUT2D eigenvalue weighted by Gasteiger charge is -2.19. The van der Waals surface area contributed by atoms with E-state index in [1.807, 2.05) is 45.0 Å². The maximum absolute atomic E-state index is 13.0. The van der Waals surface area contributed by atoms with Crippen LogP contribution in [0.15, 0.2) is 71.6 Å². The van der Waals surface area contributed by atoms with Gasteiger partial charge in [0.1, 0.15) is 0 Å². The van der Waals surface area contributed by atoms with E-state index in [1.165, 1.54) is 22.7 Å². The first-order chi connectivity index (χ1) is 15.1. The van der Waals surface area contributed by atoms with Crippen LogP contribution in [0.2, 0.25) is 0 Å². The molecule has 5 nitrogen and oxygen atoms in total. The number of anilines is 2. The molecule has 0 aliphatic heterocycles. The number of aryl methyl sites for hydroxylation is 3. The Morgan fingerprint density at radius 3 is 2.28 bits per heavy atom. The second kappa shape index (κ2) is 8.41. The number of carbonyl (C=O) groups is 1. The Labute approximate surface area is 192 Å². The first kappa shape index (κ1) is 22.0. The maximum atomic E-state index is 13.0. The van der Waals surface area contributed by atoms with Crippen molar-refractivity contribution in [2.75, 3.05) is 16.7 Å². The number of sulfonamides is 1. The summed E-state index contributed by atoms with van der Waals surface area (Å²) < 4.78 is 28.2. The van der Waals surface area contributed by atoms with Gasteiger partial charge in [0.2, 0.25) is 0 Å². The van der Waals surface area contributed by atoms with Gasteiger partial charge >= 0.3 is 0 Å². The Morgan fingerprint density at radius 1 is 0.875 bits per heavy atom. The van der Waals surface area contributed by atoms with Crippen molar-refractivity contribution >= 4 is 48.7 Å². The van der Waals surface area contributed by atoms with E-state index in [1.54, 1.807) is 42.5 Å². The van der Waals surface area contributed by atoms with Gasteiger partial charge in [0.15, 0.2) is 0 Å². The number of thiophene rings is 1. The molecule has 1 heterocycles. The topological polar surface area (TPSA) is 66.5 Å². The summed E-state index contributed by atoms with van der Waals surface area (Å²) in [7, 11) is -2.14. The normalized spacial score (nSPS) is 11.5. The zero-order valence-corrected chi connectivity index (χ0v) is 20.0. The second-order valence-electron chi connectivity index (χ2n) is 7.89. The number of amides is 1. The molecule has 32 heavy (non-hydrogen) atoms. The lowest BCUT2D eigenvalue weighted by molar-refractivity contribution is 0.103. The third-order valence-corrected chi connectivity index (χ3v) is 8.32. The van der Waals surface area contributed by atoms with Gasteiger partial charge < -0.3 is 5.32 Å². The Balaban J connectivity index is 1.62. The summed E-state index contributed by atoms with van der Waals surface area (Å²) in [5.74, 6) is -0.179. The number of hydrogen-bond acceptors (Lipinski definition) is 4. The fourth-order valence-electron chi connectivity index (χ4n) is 3.40. The monoisotopic (exact) mass is 464 g/mol.